The van der Waals surface area contributed by atoms with Gasteiger partial charge >= 0.3 is 0 Å². The van der Waals surface area contributed by atoms with Crippen LogP contribution in [-0.4, -0.2) is 109 Å². The summed E-state index contributed by atoms with van der Waals surface area (Å²) in [7, 11) is -3.30. The van der Waals surface area contributed by atoms with E-state index < -0.39 is 15.6 Å². The summed E-state index contributed by atoms with van der Waals surface area (Å²) >= 11 is 0. The fraction of sp³-hybridized carbons (Fsp3) is 0.516. The quantitative estimate of drug-likeness (QED) is 0.526. The molecule has 42 heavy (non-hydrogen) atoms. The van der Waals surface area contributed by atoms with Crippen LogP contribution >= 0.6 is 0 Å². The van der Waals surface area contributed by atoms with E-state index in [1.807, 2.05) is 59.5 Å². The van der Waals surface area contributed by atoms with Gasteiger partial charge in [-0.1, -0.05) is 51.1 Å². The Morgan fingerprint density at radius 2 is 1.43 bits per heavy atom. The second-order valence-electron chi connectivity index (χ2n) is 12.6. The molecule has 3 saturated heterocycles. The van der Waals surface area contributed by atoms with Crippen molar-refractivity contribution >= 4 is 33.4 Å². The summed E-state index contributed by atoms with van der Waals surface area (Å²) in [5, 5.41) is 0. The van der Waals surface area contributed by atoms with Crippen molar-refractivity contribution < 1.29 is 22.8 Å². The SMILES string of the molecule is CC(C)(C)c1ccc(C(=O)N2CCC3(CC2)C(=O)N(CC(=O)N2CCN(S(C)(=O)=O)CC2)CN3c2ccccc2)cc1. The lowest BCUT2D eigenvalue weighted by Crippen LogP contribution is -2.57. The van der Waals surface area contributed by atoms with Crippen molar-refractivity contribution in [3.05, 3.63) is 65.7 Å². The number of amides is 3. The van der Waals surface area contributed by atoms with E-state index in [1.54, 1.807) is 9.80 Å². The van der Waals surface area contributed by atoms with Gasteiger partial charge in [0.05, 0.1) is 12.9 Å². The number of para-hydroxylation sites is 1. The monoisotopic (exact) mass is 595 g/mol. The molecule has 11 heteroatoms. The molecular formula is C31H41N5O5S. The molecule has 3 heterocycles. The first kappa shape index (κ1) is 30.0. The van der Waals surface area contributed by atoms with Gasteiger partial charge in [0, 0.05) is 50.5 Å². The first-order chi connectivity index (χ1) is 19.8. The van der Waals surface area contributed by atoms with Gasteiger partial charge in [0.2, 0.25) is 15.9 Å². The summed E-state index contributed by atoms with van der Waals surface area (Å²) in [6, 6.07) is 17.5. The van der Waals surface area contributed by atoms with Crippen molar-refractivity contribution in [2.24, 2.45) is 0 Å². The number of nitrogens with zero attached hydrogens (tertiary/aromatic N) is 5. The average molecular weight is 596 g/mol. The van der Waals surface area contributed by atoms with Crippen LogP contribution in [0.25, 0.3) is 0 Å². The number of piperazine rings is 1. The van der Waals surface area contributed by atoms with Crippen LogP contribution in [-0.2, 0) is 25.0 Å². The van der Waals surface area contributed by atoms with Gasteiger partial charge in [-0.2, -0.15) is 4.31 Å². The number of likely N-dealkylation sites (tertiary alicyclic amines) is 1. The average Bonchev–Trinajstić information content (AvgIpc) is 3.23. The number of carbonyl (C=O) groups is 3. The maximum absolute atomic E-state index is 14.1. The minimum absolute atomic E-state index is 0.000571. The minimum atomic E-state index is -3.30. The van der Waals surface area contributed by atoms with E-state index >= 15 is 0 Å². The van der Waals surface area contributed by atoms with E-state index in [4.69, 9.17) is 0 Å². The second-order valence-corrected chi connectivity index (χ2v) is 14.6. The Balaban J connectivity index is 1.29. The van der Waals surface area contributed by atoms with E-state index in [0.717, 1.165) is 5.69 Å². The summed E-state index contributed by atoms with van der Waals surface area (Å²) in [4.78, 5) is 47.9. The van der Waals surface area contributed by atoms with E-state index in [-0.39, 0.29) is 49.4 Å². The van der Waals surface area contributed by atoms with Gasteiger partial charge in [-0.25, -0.2) is 8.42 Å². The molecule has 10 nitrogen and oxygen atoms in total. The highest BCUT2D eigenvalue weighted by molar-refractivity contribution is 7.88. The zero-order valence-corrected chi connectivity index (χ0v) is 25.8. The highest BCUT2D eigenvalue weighted by Crippen LogP contribution is 2.40. The van der Waals surface area contributed by atoms with Crippen LogP contribution in [0, 0.1) is 0 Å². The van der Waals surface area contributed by atoms with Crippen LogP contribution < -0.4 is 4.90 Å². The summed E-state index contributed by atoms with van der Waals surface area (Å²) in [6.45, 7) is 8.61. The Morgan fingerprint density at radius 3 is 1.98 bits per heavy atom. The van der Waals surface area contributed by atoms with Gasteiger partial charge in [-0.15, -0.1) is 0 Å². The number of sulfonamides is 1. The first-order valence-electron chi connectivity index (χ1n) is 14.5. The molecule has 0 aliphatic carbocycles. The van der Waals surface area contributed by atoms with Crippen LogP contribution in [0.1, 0.15) is 49.5 Å². The predicted molar refractivity (Wildman–Crippen MR) is 162 cm³/mol. The van der Waals surface area contributed by atoms with Gasteiger partial charge in [-0.05, 0) is 48.1 Å². The zero-order chi connectivity index (χ0) is 30.3. The largest absolute Gasteiger partial charge is 0.339 e. The Hall–Kier alpha value is -3.44. The van der Waals surface area contributed by atoms with E-state index in [1.165, 1.54) is 16.1 Å². The Morgan fingerprint density at radius 1 is 0.833 bits per heavy atom. The number of anilines is 1. The highest BCUT2D eigenvalue weighted by atomic mass is 32.2. The van der Waals surface area contributed by atoms with Crippen molar-refractivity contribution in [1.82, 2.24) is 19.0 Å². The molecule has 226 valence electrons. The summed E-state index contributed by atoms with van der Waals surface area (Å²) in [5.41, 5.74) is 1.86. The summed E-state index contributed by atoms with van der Waals surface area (Å²) in [6.07, 6.45) is 2.10. The number of piperidine rings is 1. The number of benzene rings is 2. The molecule has 3 aliphatic heterocycles. The topological polar surface area (TPSA) is 102 Å². The van der Waals surface area contributed by atoms with Crippen molar-refractivity contribution in [1.29, 1.82) is 0 Å². The Bertz CT molecular complexity index is 1420. The molecule has 1 spiro atoms. The fourth-order valence-electron chi connectivity index (χ4n) is 6.23. The van der Waals surface area contributed by atoms with Crippen LogP contribution in [0.15, 0.2) is 54.6 Å². The predicted octanol–water partition coefficient (Wildman–Crippen LogP) is 2.37. The van der Waals surface area contributed by atoms with Crippen molar-refractivity contribution in [3.8, 4) is 0 Å². The van der Waals surface area contributed by atoms with Crippen molar-refractivity contribution in [3.63, 3.8) is 0 Å². The molecule has 3 amide bonds. The van der Waals surface area contributed by atoms with Gasteiger partial charge in [0.15, 0.2) is 0 Å². The molecular weight excluding hydrogens is 554 g/mol. The van der Waals surface area contributed by atoms with Crippen LogP contribution in [0.3, 0.4) is 0 Å². The number of hydrogen-bond acceptors (Lipinski definition) is 6. The number of rotatable bonds is 5. The van der Waals surface area contributed by atoms with Gasteiger partial charge in [0.1, 0.15) is 12.1 Å². The maximum Gasteiger partial charge on any atom is 0.253 e. The first-order valence-corrected chi connectivity index (χ1v) is 16.4. The zero-order valence-electron chi connectivity index (χ0n) is 25.0. The lowest BCUT2D eigenvalue weighted by atomic mass is 9.84. The van der Waals surface area contributed by atoms with E-state index in [0.29, 0.717) is 44.6 Å². The molecule has 0 unspecified atom stereocenters. The third-order valence-electron chi connectivity index (χ3n) is 8.84. The van der Waals surface area contributed by atoms with Crippen molar-refractivity contribution in [2.75, 3.05) is 63.6 Å². The Labute approximate surface area is 248 Å². The van der Waals surface area contributed by atoms with Crippen molar-refractivity contribution in [2.45, 2.75) is 44.6 Å². The van der Waals surface area contributed by atoms with Gasteiger partial charge in [-0.3, -0.25) is 14.4 Å². The molecule has 3 fully saturated rings. The highest BCUT2D eigenvalue weighted by Gasteiger charge is 2.54. The van der Waals surface area contributed by atoms with Crippen LogP contribution in [0.2, 0.25) is 0 Å². The molecule has 3 aliphatic rings. The third kappa shape index (κ3) is 5.89. The fourth-order valence-corrected chi connectivity index (χ4v) is 7.06. The lowest BCUT2D eigenvalue weighted by Gasteiger charge is -2.43. The van der Waals surface area contributed by atoms with Crippen LogP contribution in [0.4, 0.5) is 5.69 Å². The molecule has 0 radical (unpaired) electrons. The molecule has 5 rings (SSSR count). The van der Waals surface area contributed by atoms with Gasteiger partial charge in [0.25, 0.3) is 11.8 Å². The third-order valence-corrected chi connectivity index (χ3v) is 10.1. The van der Waals surface area contributed by atoms with E-state index in [9.17, 15) is 22.8 Å². The maximum atomic E-state index is 14.1. The van der Waals surface area contributed by atoms with E-state index in [2.05, 4.69) is 25.7 Å². The Kier molecular flexibility index (Phi) is 8.10. The standard InChI is InChI=1S/C31H41N5O5S/c1-30(2,3)25-12-10-24(11-13-25)28(38)33-16-14-31(15-17-33)29(39)34(23-36(31)26-8-6-5-7-9-26)22-27(37)32-18-20-35(21-19-32)42(4,40)41/h5-13H,14-23H2,1-4H3. The molecule has 2 aromatic carbocycles. The smallest absolute Gasteiger partial charge is 0.253 e. The second kappa shape index (κ2) is 11.3. The number of carbonyl (C=O) groups excluding carboxylic acids is 3. The normalized spacial score (nSPS) is 20.0. The van der Waals surface area contributed by atoms with Crippen LogP contribution in [0.5, 0.6) is 0 Å². The minimum Gasteiger partial charge on any atom is -0.339 e. The van der Waals surface area contributed by atoms with Gasteiger partial charge < -0.3 is 19.6 Å². The number of hydrogen-bond donors (Lipinski definition) is 0. The molecule has 0 aromatic heterocycles. The summed E-state index contributed by atoms with van der Waals surface area (Å²) < 4.78 is 25.1. The molecule has 2 aromatic rings. The molecule has 0 N–H and O–H groups in total. The summed E-state index contributed by atoms with van der Waals surface area (Å²) in [5.74, 6) is -0.328. The molecule has 0 atom stereocenters. The molecule has 0 bridgehead atoms. The molecule has 0 saturated carbocycles. The lowest BCUT2D eigenvalue weighted by molar-refractivity contribution is -0.141.